The van der Waals surface area contributed by atoms with Crippen LogP contribution in [0.1, 0.15) is 59.3 Å². The van der Waals surface area contributed by atoms with Crippen molar-refractivity contribution < 1.29 is 14.3 Å². The van der Waals surface area contributed by atoms with Gasteiger partial charge in [-0.25, -0.2) is 4.79 Å². The average molecular weight is 379 g/mol. The van der Waals surface area contributed by atoms with Gasteiger partial charge in [0.05, 0.1) is 11.5 Å². The number of hydrogen-bond acceptors (Lipinski definition) is 4. The molecule has 4 atom stereocenters. The van der Waals surface area contributed by atoms with Gasteiger partial charge in [0.25, 0.3) is 0 Å². The highest BCUT2D eigenvalue weighted by Crippen LogP contribution is 2.61. The molecule has 0 spiro atoms. The van der Waals surface area contributed by atoms with Crippen LogP contribution >= 0.6 is 11.8 Å². The summed E-state index contributed by atoms with van der Waals surface area (Å²) in [5, 5.41) is 0. The van der Waals surface area contributed by atoms with Gasteiger partial charge in [-0.1, -0.05) is 45.4 Å². The summed E-state index contributed by atoms with van der Waals surface area (Å²) < 4.78 is 11.0. The van der Waals surface area contributed by atoms with Crippen molar-refractivity contribution in [1.29, 1.82) is 0 Å². The summed E-state index contributed by atoms with van der Waals surface area (Å²) >= 11 is 1.62. The zero-order valence-corrected chi connectivity index (χ0v) is 17.6. The Morgan fingerprint density at radius 1 is 1.35 bits per heavy atom. The number of fused-ring (bicyclic) bond motifs is 1. The van der Waals surface area contributed by atoms with E-state index in [9.17, 15) is 4.79 Å². The largest absolute Gasteiger partial charge is 0.459 e. The van der Waals surface area contributed by atoms with Crippen LogP contribution in [0.5, 0.6) is 0 Å². The fourth-order valence-corrected chi connectivity index (χ4v) is 6.21. The predicted octanol–water partition coefficient (Wildman–Crippen LogP) is 5.36. The molecule has 3 fully saturated rings. The molecule has 0 aromatic heterocycles. The molecule has 26 heavy (non-hydrogen) atoms. The molecule has 0 aromatic carbocycles. The average Bonchev–Trinajstić information content (AvgIpc) is 2.91. The zero-order valence-electron chi connectivity index (χ0n) is 16.8. The molecule has 0 N–H and O–H groups in total. The standard InChI is InChI=1S/C22H34O3S/c1-15-7-10-19-21(2,3)11-6-12-22(19,4)17(15)9-8-16-18(25-14-26-5)13-24-20(16)23/h8,17-19H,1,6-7,9-14H2,2-5H3/t17-,18?,19-,22?/m0/s1. The van der Waals surface area contributed by atoms with Crippen LogP contribution in [0.25, 0.3) is 0 Å². The number of carbonyl (C=O) groups excluding carboxylic acids is 1. The van der Waals surface area contributed by atoms with Gasteiger partial charge >= 0.3 is 5.97 Å². The van der Waals surface area contributed by atoms with Crippen molar-refractivity contribution in [3.05, 3.63) is 23.8 Å². The number of carbonyl (C=O) groups is 1. The first-order chi connectivity index (χ1) is 12.3. The summed E-state index contributed by atoms with van der Waals surface area (Å²) in [4.78, 5) is 12.2. The number of cyclic esters (lactones) is 1. The van der Waals surface area contributed by atoms with Gasteiger partial charge in [0.15, 0.2) is 0 Å². The van der Waals surface area contributed by atoms with Crippen LogP contribution < -0.4 is 0 Å². The van der Waals surface area contributed by atoms with Gasteiger partial charge in [-0.2, -0.15) is 0 Å². The molecule has 1 heterocycles. The summed E-state index contributed by atoms with van der Waals surface area (Å²) in [6.07, 6.45) is 11.0. The van der Waals surface area contributed by atoms with Crippen LogP contribution in [0, 0.1) is 22.7 Å². The highest BCUT2D eigenvalue weighted by molar-refractivity contribution is 7.98. The Morgan fingerprint density at radius 3 is 2.85 bits per heavy atom. The van der Waals surface area contributed by atoms with Gasteiger partial charge in [-0.05, 0) is 61.0 Å². The van der Waals surface area contributed by atoms with E-state index in [1.807, 2.05) is 6.26 Å². The number of hydrogen-bond donors (Lipinski definition) is 0. The molecule has 3 nitrogen and oxygen atoms in total. The molecule has 3 rings (SSSR count). The van der Waals surface area contributed by atoms with Gasteiger partial charge < -0.3 is 9.47 Å². The third-order valence-corrected chi connectivity index (χ3v) is 7.60. The third-order valence-electron chi connectivity index (χ3n) is 7.23. The number of allylic oxidation sites excluding steroid dienone is 2. The van der Waals surface area contributed by atoms with Gasteiger partial charge in [0.1, 0.15) is 12.7 Å². The summed E-state index contributed by atoms with van der Waals surface area (Å²) in [7, 11) is 0. The molecule has 4 heteroatoms. The molecule has 1 saturated heterocycles. The third kappa shape index (κ3) is 3.64. The van der Waals surface area contributed by atoms with E-state index in [4.69, 9.17) is 9.47 Å². The molecule has 0 amide bonds. The van der Waals surface area contributed by atoms with Crippen LogP contribution in [0.2, 0.25) is 0 Å². The maximum absolute atomic E-state index is 12.2. The van der Waals surface area contributed by atoms with Crippen LogP contribution in [0.4, 0.5) is 0 Å². The van der Waals surface area contributed by atoms with E-state index in [0.717, 1.165) is 18.8 Å². The van der Waals surface area contributed by atoms with E-state index in [2.05, 4.69) is 33.4 Å². The Hall–Kier alpha value is -0.740. The first-order valence-corrected chi connectivity index (χ1v) is 11.3. The summed E-state index contributed by atoms with van der Waals surface area (Å²) in [5.74, 6) is 1.56. The van der Waals surface area contributed by atoms with E-state index in [1.165, 1.54) is 31.3 Å². The minimum Gasteiger partial charge on any atom is -0.459 e. The Bertz CT molecular complexity index is 594. The van der Waals surface area contributed by atoms with Gasteiger partial charge in [-0.3, -0.25) is 0 Å². The van der Waals surface area contributed by atoms with Crippen molar-refractivity contribution in [3.8, 4) is 0 Å². The van der Waals surface area contributed by atoms with Crippen molar-refractivity contribution >= 4 is 17.7 Å². The Balaban J connectivity index is 1.80. The van der Waals surface area contributed by atoms with Gasteiger partial charge in [0, 0.05) is 0 Å². The van der Waals surface area contributed by atoms with Gasteiger partial charge in [-0.15, -0.1) is 11.8 Å². The Labute approximate surface area is 163 Å². The van der Waals surface area contributed by atoms with Crippen LogP contribution in [-0.2, 0) is 14.3 Å². The second-order valence-electron chi connectivity index (χ2n) is 9.21. The molecule has 0 bridgehead atoms. The normalized spacial score (nSPS) is 38.3. The molecule has 3 aliphatic rings. The number of thioether (sulfide) groups is 1. The van der Waals surface area contributed by atoms with Gasteiger partial charge in [0.2, 0.25) is 0 Å². The lowest BCUT2D eigenvalue weighted by Gasteiger charge is -2.58. The lowest BCUT2D eigenvalue weighted by atomic mass is 9.47. The van der Waals surface area contributed by atoms with Crippen molar-refractivity contribution in [1.82, 2.24) is 0 Å². The highest BCUT2D eigenvalue weighted by atomic mass is 32.2. The summed E-state index contributed by atoms with van der Waals surface area (Å²) in [6, 6.07) is 0. The van der Waals surface area contributed by atoms with Crippen LogP contribution in [0.15, 0.2) is 23.8 Å². The molecular weight excluding hydrogens is 344 g/mol. The molecule has 2 aliphatic carbocycles. The SMILES string of the molecule is C=C1CC[C@H]2C(C)(C)CCCC2(C)[C@H]1CC=C1C(=O)OCC1OCSC. The van der Waals surface area contributed by atoms with Crippen molar-refractivity contribution in [3.63, 3.8) is 0 Å². The van der Waals surface area contributed by atoms with E-state index >= 15 is 0 Å². The van der Waals surface area contributed by atoms with E-state index in [-0.39, 0.29) is 17.5 Å². The van der Waals surface area contributed by atoms with Crippen LogP contribution in [0.3, 0.4) is 0 Å². The molecule has 2 saturated carbocycles. The minimum absolute atomic E-state index is 0.205. The number of ether oxygens (including phenoxy) is 2. The first-order valence-electron chi connectivity index (χ1n) is 9.95. The summed E-state index contributed by atoms with van der Waals surface area (Å²) in [5.41, 5.74) is 2.76. The first kappa shape index (κ1) is 20.0. The van der Waals surface area contributed by atoms with Crippen LogP contribution in [-0.4, -0.2) is 30.9 Å². The van der Waals surface area contributed by atoms with E-state index < -0.39 is 0 Å². The zero-order chi connectivity index (χ0) is 18.9. The molecule has 0 radical (unpaired) electrons. The lowest BCUT2D eigenvalue weighted by Crippen LogP contribution is -2.49. The topological polar surface area (TPSA) is 35.5 Å². The number of esters is 1. The summed E-state index contributed by atoms with van der Waals surface area (Å²) in [6.45, 7) is 12.1. The second-order valence-corrected chi connectivity index (χ2v) is 10.0. The molecule has 146 valence electrons. The van der Waals surface area contributed by atoms with Crippen molar-refractivity contribution in [2.24, 2.45) is 22.7 Å². The molecular formula is C22H34O3S. The maximum atomic E-state index is 12.2. The van der Waals surface area contributed by atoms with E-state index in [0.29, 0.717) is 29.5 Å². The molecule has 0 aromatic rings. The van der Waals surface area contributed by atoms with Crippen molar-refractivity contribution in [2.75, 3.05) is 18.8 Å². The van der Waals surface area contributed by atoms with Crippen molar-refractivity contribution in [2.45, 2.75) is 65.4 Å². The Kier molecular flexibility index (Phi) is 5.93. The minimum atomic E-state index is -0.210. The fourth-order valence-electron chi connectivity index (χ4n) is 5.91. The fraction of sp³-hybridized carbons (Fsp3) is 0.773. The number of rotatable bonds is 5. The maximum Gasteiger partial charge on any atom is 0.336 e. The predicted molar refractivity (Wildman–Crippen MR) is 108 cm³/mol. The monoisotopic (exact) mass is 378 g/mol. The molecule has 2 unspecified atom stereocenters. The quantitative estimate of drug-likeness (QED) is 0.279. The second kappa shape index (κ2) is 7.71. The Morgan fingerprint density at radius 2 is 2.12 bits per heavy atom. The smallest absolute Gasteiger partial charge is 0.336 e. The van der Waals surface area contributed by atoms with E-state index in [1.54, 1.807) is 11.8 Å². The highest BCUT2D eigenvalue weighted by Gasteiger charge is 2.52. The molecule has 1 aliphatic heterocycles. The lowest BCUT2D eigenvalue weighted by molar-refractivity contribution is -0.135.